The number of thioether (sulfide) groups is 1. The van der Waals surface area contributed by atoms with Crippen LogP contribution in [0.3, 0.4) is 0 Å². The lowest BCUT2D eigenvalue weighted by molar-refractivity contribution is -0.126. The number of ketones is 1. The van der Waals surface area contributed by atoms with Crippen LogP contribution in [0.4, 0.5) is 5.69 Å². The van der Waals surface area contributed by atoms with Gasteiger partial charge in [0.05, 0.1) is 12.8 Å². The van der Waals surface area contributed by atoms with E-state index in [0.29, 0.717) is 31.7 Å². The molecular weight excluding hydrogens is 492 g/mol. The zero-order valence-corrected chi connectivity index (χ0v) is 23.4. The molecule has 2 fully saturated rings. The monoisotopic (exact) mass is 530 g/mol. The Morgan fingerprint density at radius 1 is 1.03 bits per heavy atom. The molecule has 1 aliphatic heterocycles. The van der Waals surface area contributed by atoms with E-state index in [1.165, 1.54) is 10.5 Å². The van der Waals surface area contributed by atoms with Gasteiger partial charge >= 0.3 is 0 Å². The summed E-state index contributed by atoms with van der Waals surface area (Å²) in [7, 11) is 5.66. The van der Waals surface area contributed by atoms with Gasteiger partial charge in [-0.2, -0.15) is 0 Å². The number of nitrogens with zero attached hydrogens (tertiary/aromatic N) is 2. The second kappa shape index (κ2) is 11.5. The Bertz CT molecular complexity index is 1190. The number of ether oxygens (including phenoxy) is 1. The fourth-order valence-electron chi connectivity index (χ4n) is 6.34. The van der Waals surface area contributed by atoms with Crippen LogP contribution in [-0.2, 0) is 17.6 Å². The maximum Gasteiger partial charge on any atom is 0.145 e. The van der Waals surface area contributed by atoms with Gasteiger partial charge in [0.1, 0.15) is 17.8 Å². The number of likely N-dealkylation sites (tertiary alicyclic amines) is 1. The summed E-state index contributed by atoms with van der Waals surface area (Å²) in [5.74, 6) is 1.24. The van der Waals surface area contributed by atoms with Crippen molar-refractivity contribution in [3.05, 3.63) is 90.0 Å². The first-order chi connectivity index (χ1) is 18.4. The normalized spacial score (nSPS) is 24.2. The third-order valence-corrected chi connectivity index (χ3v) is 9.79. The van der Waals surface area contributed by atoms with E-state index in [9.17, 15) is 9.90 Å². The third kappa shape index (κ3) is 5.49. The second-order valence-corrected chi connectivity index (χ2v) is 12.3. The SMILES string of the molecule is COc1c(CC(O)N2CC3C(=O)CCC(Cc4ccccc4)(Sc4ccccc4)C3C2)cccc1N(C)C. The highest BCUT2D eigenvalue weighted by Gasteiger charge is 2.54. The van der Waals surface area contributed by atoms with Crippen LogP contribution in [0.2, 0.25) is 0 Å². The van der Waals surface area contributed by atoms with Gasteiger partial charge in [0, 0.05) is 61.2 Å². The number of para-hydroxylation sites is 1. The first kappa shape index (κ1) is 26.8. The standard InChI is InChI=1S/C32H38N2O3S/c1-33(2)28-16-10-13-24(31(28)37-3)19-30(36)34-21-26-27(22-34)32(18-17-29(26)35,20-23-11-6-4-7-12-23)38-25-14-8-5-9-15-25/h4-16,26-27,30,36H,17-22H2,1-3H3. The second-order valence-electron chi connectivity index (χ2n) is 10.8. The number of benzene rings is 3. The zero-order chi connectivity index (χ0) is 26.7. The Hall–Kier alpha value is -2.80. The molecule has 0 spiro atoms. The number of methoxy groups -OCH3 is 1. The van der Waals surface area contributed by atoms with E-state index in [1.807, 2.05) is 55.0 Å². The number of Topliss-reactive ketones (excluding diaryl/α,β-unsaturated/α-hetero) is 1. The number of carbonyl (C=O) groups excluding carboxylic acids is 1. The fourth-order valence-corrected chi connectivity index (χ4v) is 7.93. The van der Waals surface area contributed by atoms with E-state index in [0.717, 1.165) is 29.8 Å². The van der Waals surface area contributed by atoms with Gasteiger partial charge in [-0.25, -0.2) is 0 Å². The van der Waals surface area contributed by atoms with Crippen LogP contribution in [0.5, 0.6) is 5.75 Å². The van der Waals surface area contributed by atoms with Crippen molar-refractivity contribution < 1.29 is 14.6 Å². The van der Waals surface area contributed by atoms with Crippen LogP contribution in [0, 0.1) is 11.8 Å². The van der Waals surface area contributed by atoms with Crippen molar-refractivity contribution in [2.24, 2.45) is 11.8 Å². The average Bonchev–Trinajstić information content (AvgIpc) is 3.40. The maximum atomic E-state index is 13.3. The number of aliphatic hydroxyl groups excluding tert-OH is 1. The Morgan fingerprint density at radius 3 is 2.42 bits per heavy atom. The Morgan fingerprint density at radius 2 is 1.74 bits per heavy atom. The van der Waals surface area contributed by atoms with Crippen molar-refractivity contribution in [3.8, 4) is 5.75 Å². The topological polar surface area (TPSA) is 53.0 Å². The maximum absolute atomic E-state index is 13.3. The van der Waals surface area contributed by atoms with E-state index >= 15 is 0 Å². The molecule has 0 amide bonds. The minimum absolute atomic E-state index is 0.0617. The molecule has 5 rings (SSSR count). The molecule has 1 aliphatic carbocycles. The Kier molecular flexibility index (Phi) is 8.12. The minimum atomic E-state index is -0.684. The van der Waals surface area contributed by atoms with E-state index in [1.54, 1.807) is 7.11 Å². The highest BCUT2D eigenvalue weighted by molar-refractivity contribution is 8.00. The van der Waals surface area contributed by atoms with Crippen LogP contribution in [0.25, 0.3) is 0 Å². The molecule has 1 N–H and O–H groups in total. The predicted molar refractivity (Wildman–Crippen MR) is 155 cm³/mol. The lowest BCUT2D eigenvalue weighted by Gasteiger charge is -2.44. The lowest BCUT2D eigenvalue weighted by Crippen LogP contribution is -2.47. The largest absolute Gasteiger partial charge is 0.494 e. The molecule has 4 atom stereocenters. The molecule has 0 radical (unpaired) electrons. The van der Waals surface area contributed by atoms with Crippen LogP contribution in [0.1, 0.15) is 24.0 Å². The molecule has 200 valence electrons. The number of anilines is 1. The van der Waals surface area contributed by atoms with Crippen molar-refractivity contribution in [2.45, 2.75) is 41.6 Å². The molecule has 3 aromatic rings. The Balaban J connectivity index is 1.43. The summed E-state index contributed by atoms with van der Waals surface area (Å²) < 4.78 is 5.64. The molecule has 38 heavy (non-hydrogen) atoms. The van der Waals surface area contributed by atoms with E-state index in [2.05, 4.69) is 59.5 Å². The molecule has 0 bridgehead atoms. The molecule has 3 aromatic carbocycles. The number of rotatable bonds is 9. The van der Waals surface area contributed by atoms with Gasteiger partial charge in [-0.15, -0.1) is 11.8 Å². The van der Waals surface area contributed by atoms with Gasteiger partial charge in [-0.1, -0.05) is 60.7 Å². The zero-order valence-electron chi connectivity index (χ0n) is 22.5. The molecule has 1 saturated heterocycles. The highest BCUT2D eigenvalue weighted by Crippen LogP contribution is 2.53. The molecular formula is C32H38N2O3S. The van der Waals surface area contributed by atoms with Gasteiger partial charge in [0.15, 0.2) is 0 Å². The Labute approximate surface area is 230 Å². The summed E-state index contributed by atoms with van der Waals surface area (Å²) >= 11 is 1.93. The third-order valence-electron chi connectivity index (χ3n) is 8.23. The van der Waals surface area contributed by atoms with Gasteiger partial charge in [-0.3, -0.25) is 9.69 Å². The van der Waals surface area contributed by atoms with E-state index < -0.39 is 6.23 Å². The van der Waals surface area contributed by atoms with E-state index in [4.69, 9.17) is 4.74 Å². The fraction of sp³-hybridized carbons (Fsp3) is 0.406. The molecule has 6 heteroatoms. The summed E-state index contributed by atoms with van der Waals surface area (Å²) in [6.45, 7) is 1.31. The van der Waals surface area contributed by atoms with Crippen molar-refractivity contribution in [2.75, 3.05) is 39.2 Å². The van der Waals surface area contributed by atoms with Crippen LogP contribution in [0.15, 0.2) is 83.8 Å². The van der Waals surface area contributed by atoms with Crippen molar-refractivity contribution in [1.29, 1.82) is 0 Å². The summed E-state index contributed by atoms with van der Waals surface area (Å²) in [5, 5.41) is 11.5. The molecule has 2 aliphatic rings. The number of hydrogen-bond donors (Lipinski definition) is 1. The number of hydrogen-bond acceptors (Lipinski definition) is 6. The minimum Gasteiger partial charge on any atom is -0.494 e. The first-order valence-corrected chi connectivity index (χ1v) is 14.3. The smallest absolute Gasteiger partial charge is 0.145 e. The van der Waals surface area contributed by atoms with Gasteiger partial charge in [0.25, 0.3) is 0 Å². The predicted octanol–water partition coefficient (Wildman–Crippen LogP) is 5.31. The van der Waals surface area contributed by atoms with Crippen molar-refractivity contribution >= 4 is 23.2 Å². The van der Waals surface area contributed by atoms with Crippen molar-refractivity contribution in [1.82, 2.24) is 4.90 Å². The molecule has 1 heterocycles. The van der Waals surface area contributed by atoms with Crippen LogP contribution < -0.4 is 9.64 Å². The van der Waals surface area contributed by atoms with Gasteiger partial charge < -0.3 is 14.7 Å². The van der Waals surface area contributed by atoms with E-state index in [-0.39, 0.29) is 16.6 Å². The number of carbonyl (C=O) groups is 1. The average molecular weight is 531 g/mol. The summed E-state index contributed by atoms with van der Waals surface area (Å²) in [6.07, 6.45) is 2.12. The molecule has 4 unspecified atom stereocenters. The number of fused-ring (bicyclic) bond motifs is 1. The quantitative estimate of drug-likeness (QED) is 0.405. The van der Waals surface area contributed by atoms with Gasteiger partial charge in [-0.05, 0) is 42.5 Å². The van der Waals surface area contributed by atoms with Crippen molar-refractivity contribution in [3.63, 3.8) is 0 Å². The van der Waals surface area contributed by atoms with Gasteiger partial charge in [0.2, 0.25) is 0 Å². The number of aliphatic hydroxyl groups is 1. The highest BCUT2D eigenvalue weighted by atomic mass is 32.2. The van der Waals surface area contributed by atoms with Crippen LogP contribution in [-0.4, -0.2) is 61.1 Å². The summed E-state index contributed by atoms with van der Waals surface area (Å²) in [4.78, 5) is 18.7. The molecule has 1 saturated carbocycles. The molecule has 5 nitrogen and oxygen atoms in total. The lowest BCUT2D eigenvalue weighted by atomic mass is 9.70. The van der Waals surface area contributed by atoms with Crippen LogP contribution >= 0.6 is 11.8 Å². The molecule has 0 aromatic heterocycles. The first-order valence-electron chi connectivity index (χ1n) is 13.5. The summed E-state index contributed by atoms with van der Waals surface area (Å²) in [5.41, 5.74) is 3.26. The summed E-state index contributed by atoms with van der Waals surface area (Å²) in [6, 6.07) is 27.3.